The predicted octanol–water partition coefficient (Wildman–Crippen LogP) is 5.89. The summed E-state index contributed by atoms with van der Waals surface area (Å²) in [5.41, 5.74) is 1.03. The van der Waals surface area contributed by atoms with Crippen molar-refractivity contribution in [2.24, 2.45) is 5.92 Å². The van der Waals surface area contributed by atoms with Crippen LogP contribution in [0.25, 0.3) is 11.5 Å². The molecule has 2 heterocycles. The smallest absolute Gasteiger partial charge is 0.240 e. The molecule has 3 N–H and O–H groups in total. The highest BCUT2D eigenvalue weighted by atomic mass is 35.5. The van der Waals surface area contributed by atoms with Crippen molar-refractivity contribution in [3.8, 4) is 11.5 Å². The van der Waals surface area contributed by atoms with Crippen LogP contribution in [0, 0.1) is 5.92 Å². The van der Waals surface area contributed by atoms with Gasteiger partial charge in [-0.15, -0.1) is 0 Å². The van der Waals surface area contributed by atoms with Gasteiger partial charge in [-0.05, 0) is 62.9 Å². The number of pyridine rings is 1. The van der Waals surface area contributed by atoms with E-state index in [1.54, 1.807) is 42.5 Å². The van der Waals surface area contributed by atoms with Gasteiger partial charge in [0.1, 0.15) is 10.8 Å². The van der Waals surface area contributed by atoms with Gasteiger partial charge in [-0.3, -0.25) is 0 Å². The van der Waals surface area contributed by atoms with Crippen LogP contribution in [0.15, 0.2) is 47.4 Å². The zero-order valence-corrected chi connectivity index (χ0v) is 23.3. The molecule has 3 aromatic rings. The van der Waals surface area contributed by atoms with E-state index in [1.165, 1.54) is 0 Å². The highest BCUT2D eigenvalue weighted by Gasteiger charge is 2.24. The molecule has 1 aromatic carbocycles. The number of anilines is 3. The summed E-state index contributed by atoms with van der Waals surface area (Å²) in [6, 6.07) is 11.8. The summed E-state index contributed by atoms with van der Waals surface area (Å²) < 4.78 is 27.9. The third-order valence-corrected chi connectivity index (χ3v) is 6.29. The number of rotatable bonds is 9. The van der Waals surface area contributed by atoms with E-state index >= 15 is 0 Å². The molecule has 2 aromatic heterocycles. The maximum atomic E-state index is 12.6. The number of nitrogens with one attached hydrogen (secondary N) is 3. The molecule has 0 amide bonds. The number of halogens is 1. The fourth-order valence-electron chi connectivity index (χ4n) is 2.90. The lowest BCUT2D eigenvalue weighted by atomic mass is 10.3. The first-order chi connectivity index (χ1) is 17.3. The molecule has 0 bridgehead atoms. The van der Waals surface area contributed by atoms with Gasteiger partial charge in [-0.1, -0.05) is 51.4 Å². The van der Waals surface area contributed by atoms with Crippen LogP contribution in [0.5, 0.6) is 0 Å². The van der Waals surface area contributed by atoms with Gasteiger partial charge < -0.3 is 10.6 Å². The maximum Gasteiger partial charge on any atom is 0.240 e. The molecule has 1 aliphatic rings. The molecule has 36 heavy (non-hydrogen) atoms. The first kappa shape index (κ1) is 29.4. The van der Waals surface area contributed by atoms with Crippen LogP contribution in [-0.2, 0) is 10.0 Å². The maximum absolute atomic E-state index is 12.6. The summed E-state index contributed by atoms with van der Waals surface area (Å²) in [5, 5.41) is 6.56. The molecule has 0 aliphatic heterocycles. The van der Waals surface area contributed by atoms with Gasteiger partial charge in [0.25, 0.3) is 0 Å². The van der Waals surface area contributed by atoms with Gasteiger partial charge >= 0.3 is 0 Å². The van der Waals surface area contributed by atoms with Gasteiger partial charge in [0.05, 0.1) is 4.90 Å². The average molecular weight is 534 g/mol. The highest BCUT2D eigenvalue weighted by molar-refractivity contribution is 7.89. The first-order valence-corrected chi connectivity index (χ1v) is 14.2. The summed E-state index contributed by atoms with van der Waals surface area (Å²) in [7, 11) is -3.59. The molecule has 0 saturated heterocycles. The summed E-state index contributed by atoms with van der Waals surface area (Å²) >= 11 is 6.02. The molecular weight excluding hydrogens is 498 g/mol. The van der Waals surface area contributed by atoms with Crippen LogP contribution in [0.4, 0.5) is 17.6 Å². The molecule has 11 heteroatoms. The highest BCUT2D eigenvalue weighted by Crippen LogP contribution is 2.28. The third kappa shape index (κ3) is 9.00. The van der Waals surface area contributed by atoms with Gasteiger partial charge in [-0.2, -0.15) is 15.0 Å². The lowest BCUT2D eigenvalue weighted by molar-refractivity contribution is 0.577. The average Bonchev–Trinajstić information content (AvgIpc) is 3.70. The second-order valence-electron chi connectivity index (χ2n) is 7.90. The summed E-state index contributed by atoms with van der Waals surface area (Å²) in [6.45, 7) is 12.4. The SMILES string of the molecule is CC.CC.CC(C)Nc1nc(Nc2cccc(S(=O)(=O)NCC3CC3)c2)nc(-c2cccc(Cl)n2)n1. The topological polar surface area (TPSA) is 122 Å². The van der Waals surface area contributed by atoms with E-state index in [9.17, 15) is 8.42 Å². The van der Waals surface area contributed by atoms with Crippen molar-refractivity contribution in [2.75, 3.05) is 17.2 Å². The van der Waals surface area contributed by atoms with Crippen molar-refractivity contribution < 1.29 is 8.42 Å². The zero-order chi connectivity index (χ0) is 26.7. The summed E-state index contributed by atoms with van der Waals surface area (Å²) in [4.78, 5) is 17.7. The third-order valence-electron chi connectivity index (χ3n) is 4.66. The van der Waals surface area contributed by atoms with E-state index in [-0.39, 0.29) is 16.9 Å². The summed E-state index contributed by atoms with van der Waals surface area (Å²) in [5.74, 6) is 1.40. The molecule has 9 nitrogen and oxygen atoms in total. The lowest BCUT2D eigenvalue weighted by Gasteiger charge is -2.13. The Bertz CT molecular complexity index is 1220. The standard InChI is InChI=1S/C21H24ClN7O2S.2C2H6/c1-13(2)24-20-27-19(17-7-4-8-18(22)26-17)28-21(29-20)25-15-5-3-6-16(11-15)32(30,31)23-12-14-9-10-14;2*1-2/h3-8,11,13-14,23H,9-10,12H2,1-2H3,(H2,24,25,27,28,29);2*1-2H3. The van der Waals surface area contributed by atoms with Gasteiger partial charge in [-0.25, -0.2) is 18.1 Å². The van der Waals surface area contributed by atoms with Crippen LogP contribution in [0.3, 0.4) is 0 Å². The Kier molecular flexibility index (Phi) is 11.5. The molecule has 4 rings (SSSR count). The number of benzene rings is 1. The van der Waals surface area contributed by atoms with E-state index in [0.717, 1.165) is 12.8 Å². The molecule has 0 spiro atoms. The van der Waals surface area contributed by atoms with E-state index in [2.05, 4.69) is 35.3 Å². The summed E-state index contributed by atoms with van der Waals surface area (Å²) in [6.07, 6.45) is 2.14. The van der Waals surface area contributed by atoms with Crippen molar-refractivity contribution in [2.45, 2.75) is 65.3 Å². The van der Waals surface area contributed by atoms with E-state index in [0.29, 0.717) is 40.8 Å². The second kappa shape index (κ2) is 14.1. The number of nitrogens with zero attached hydrogens (tertiary/aromatic N) is 4. The second-order valence-corrected chi connectivity index (χ2v) is 10.1. The molecule has 1 fully saturated rings. The van der Waals surface area contributed by atoms with E-state index in [1.807, 2.05) is 41.5 Å². The Morgan fingerprint density at radius 3 is 2.25 bits per heavy atom. The normalized spacial score (nSPS) is 12.7. The number of sulfonamides is 1. The molecule has 1 aliphatic carbocycles. The van der Waals surface area contributed by atoms with Gasteiger partial charge in [0.15, 0.2) is 5.82 Å². The predicted molar refractivity (Wildman–Crippen MR) is 147 cm³/mol. The van der Waals surface area contributed by atoms with Gasteiger partial charge in [0, 0.05) is 18.3 Å². The van der Waals surface area contributed by atoms with Crippen LogP contribution in [0.1, 0.15) is 54.4 Å². The van der Waals surface area contributed by atoms with Crippen LogP contribution >= 0.6 is 11.6 Å². The Morgan fingerprint density at radius 2 is 1.61 bits per heavy atom. The molecule has 0 radical (unpaired) electrons. The van der Waals surface area contributed by atoms with Crippen LogP contribution in [0.2, 0.25) is 5.15 Å². The lowest BCUT2D eigenvalue weighted by Crippen LogP contribution is -2.25. The van der Waals surface area contributed by atoms with Crippen molar-refractivity contribution in [1.82, 2.24) is 24.7 Å². The zero-order valence-electron chi connectivity index (χ0n) is 21.7. The largest absolute Gasteiger partial charge is 0.352 e. The van der Waals surface area contributed by atoms with Crippen LogP contribution < -0.4 is 15.4 Å². The molecule has 0 unspecified atom stereocenters. The van der Waals surface area contributed by atoms with Crippen molar-refractivity contribution in [3.63, 3.8) is 0 Å². The molecule has 196 valence electrons. The Hall–Kier alpha value is -2.82. The molecular formula is C25H36ClN7O2S. The number of aromatic nitrogens is 4. The van der Waals surface area contributed by atoms with E-state index < -0.39 is 10.0 Å². The van der Waals surface area contributed by atoms with Crippen molar-refractivity contribution in [3.05, 3.63) is 47.6 Å². The quantitative estimate of drug-likeness (QED) is 0.291. The minimum Gasteiger partial charge on any atom is -0.352 e. The monoisotopic (exact) mass is 533 g/mol. The Labute approximate surface area is 219 Å². The van der Waals surface area contributed by atoms with Gasteiger partial charge in [0.2, 0.25) is 21.9 Å². The molecule has 0 atom stereocenters. The van der Waals surface area contributed by atoms with Crippen molar-refractivity contribution in [1.29, 1.82) is 0 Å². The molecule has 1 saturated carbocycles. The fraction of sp³-hybridized carbons (Fsp3) is 0.440. The first-order valence-electron chi connectivity index (χ1n) is 12.3. The minimum absolute atomic E-state index is 0.0939. The van der Waals surface area contributed by atoms with Crippen LogP contribution in [-0.4, -0.2) is 40.9 Å². The number of hydrogen-bond donors (Lipinski definition) is 3. The Morgan fingerprint density at radius 1 is 0.944 bits per heavy atom. The fourth-order valence-corrected chi connectivity index (χ4v) is 4.23. The van der Waals surface area contributed by atoms with E-state index in [4.69, 9.17) is 11.6 Å². The Balaban J connectivity index is 0.00000109. The minimum atomic E-state index is -3.59. The van der Waals surface area contributed by atoms with Crippen molar-refractivity contribution >= 4 is 39.2 Å². The number of hydrogen-bond acceptors (Lipinski definition) is 8.